The summed E-state index contributed by atoms with van der Waals surface area (Å²) >= 11 is 4.17. The molecule has 1 saturated heterocycles. The molecule has 0 bridgehead atoms. The Hall–Kier alpha value is -0.260. The number of thiol groups is 1. The van der Waals surface area contributed by atoms with Crippen molar-refractivity contribution in [2.24, 2.45) is 5.92 Å². The molecule has 1 atom stereocenters. The van der Waals surface area contributed by atoms with E-state index in [1.807, 2.05) is 6.92 Å². The van der Waals surface area contributed by atoms with Gasteiger partial charge in [-0.15, -0.1) is 0 Å². The van der Waals surface area contributed by atoms with E-state index in [1.165, 1.54) is 25.8 Å². The first-order chi connectivity index (χ1) is 9.47. The first-order valence-electron chi connectivity index (χ1n) is 7.89. The number of hydrogen-bond donors (Lipinski definition) is 2. The van der Waals surface area contributed by atoms with Crippen LogP contribution in [0.25, 0.3) is 0 Å². The van der Waals surface area contributed by atoms with Gasteiger partial charge in [-0.1, -0.05) is 26.7 Å². The molecule has 1 N–H and O–H groups in total. The average Bonchev–Trinajstić information content (AvgIpc) is 2.35. The number of piperazine rings is 1. The number of nitrogens with one attached hydrogen (secondary N) is 1. The maximum Gasteiger partial charge on any atom is 0.235 e. The molecule has 118 valence electrons. The van der Waals surface area contributed by atoms with Crippen LogP contribution in [0.3, 0.4) is 0 Å². The Morgan fingerprint density at radius 1 is 1.10 bits per heavy atom. The topological polar surface area (TPSA) is 35.6 Å². The lowest BCUT2D eigenvalue weighted by molar-refractivity contribution is -0.122. The minimum atomic E-state index is -0.0650. The number of hydrogen-bond acceptors (Lipinski definition) is 4. The highest BCUT2D eigenvalue weighted by atomic mass is 32.1. The van der Waals surface area contributed by atoms with Crippen molar-refractivity contribution < 1.29 is 4.79 Å². The van der Waals surface area contributed by atoms with Gasteiger partial charge in [0, 0.05) is 26.2 Å². The average molecular weight is 302 g/mol. The Balaban J connectivity index is 2.09. The van der Waals surface area contributed by atoms with Gasteiger partial charge in [-0.2, -0.15) is 12.6 Å². The van der Waals surface area contributed by atoms with Gasteiger partial charge in [0.15, 0.2) is 0 Å². The van der Waals surface area contributed by atoms with Crippen LogP contribution < -0.4 is 5.32 Å². The smallest absolute Gasteiger partial charge is 0.235 e. The second-order valence-electron chi connectivity index (χ2n) is 6.25. The molecule has 0 saturated carbocycles. The van der Waals surface area contributed by atoms with Gasteiger partial charge in [0.2, 0.25) is 5.91 Å². The molecule has 1 heterocycles. The lowest BCUT2D eigenvalue weighted by Crippen LogP contribution is -2.50. The molecular formula is C15H31N3OS. The molecule has 1 aliphatic rings. The third kappa shape index (κ3) is 8.12. The van der Waals surface area contributed by atoms with Gasteiger partial charge in [0.1, 0.15) is 0 Å². The van der Waals surface area contributed by atoms with Gasteiger partial charge in [-0.25, -0.2) is 0 Å². The summed E-state index contributed by atoms with van der Waals surface area (Å²) in [5.41, 5.74) is 0. The van der Waals surface area contributed by atoms with E-state index in [9.17, 15) is 4.79 Å². The fourth-order valence-corrected chi connectivity index (χ4v) is 2.68. The van der Waals surface area contributed by atoms with Gasteiger partial charge in [-0.3, -0.25) is 9.69 Å². The van der Waals surface area contributed by atoms with Crippen molar-refractivity contribution in [3.8, 4) is 0 Å². The molecule has 0 aliphatic carbocycles. The number of nitrogens with zero attached hydrogens (tertiary/aromatic N) is 2. The molecule has 4 nitrogen and oxygen atoms in total. The molecule has 1 aliphatic heterocycles. The standard InChI is InChI=1S/C15H31N3OS/c1-13(2)6-4-5-7-17-8-10-18(11-9-17)12-15(19)16-14(3)20/h13-14,20H,4-12H2,1-3H3,(H,16,19). The Labute approximate surface area is 129 Å². The molecule has 1 amide bonds. The maximum absolute atomic E-state index is 11.7. The molecule has 0 aromatic carbocycles. The van der Waals surface area contributed by atoms with Crippen LogP contribution in [0.2, 0.25) is 0 Å². The Morgan fingerprint density at radius 2 is 1.70 bits per heavy atom. The number of carbonyl (C=O) groups excluding carboxylic acids is 1. The van der Waals surface area contributed by atoms with E-state index in [4.69, 9.17) is 0 Å². The second kappa shape index (κ2) is 9.64. The first-order valence-corrected chi connectivity index (χ1v) is 8.41. The van der Waals surface area contributed by atoms with Crippen LogP contribution >= 0.6 is 12.6 Å². The van der Waals surface area contributed by atoms with Crippen molar-refractivity contribution in [2.45, 2.75) is 45.4 Å². The fourth-order valence-electron chi connectivity index (χ4n) is 2.54. The van der Waals surface area contributed by atoms with Crippen LogP contribution in [0.4, 0.5) is 0 Å². The van der Waals surface area contributed by atoms with Gasteiger partial charge < -0.3 is 10.2 Å². The maximum atomic E-state index is 11.7. The van der Waals surface area contributed by atoms with E-state index in [0.29, 0.717) is 6.54 Å². The zero-order valence-corrected chi connectivity index (χ0v) is 14.2. The van der Waals surface area contributed by atoms with Crippen molar-refractivity contribution in [3.05, 3.63) is 0 Å². The minimum absolute atomic E-state index is 0.0650. The third-order valence-electron chi connectivity index (χ3n) is 3.71. The minimum Gasteiger partial charge on any atom is -0.344 e. The molecule has 0 radical (unpaired) electrons. The summed E-state index contributed by atoms with van der Waals surface area (Å²) in [6.45, 7) is 12.3. The summed E-state index contributed by atoms with van der Waals surface area (Å²) < 4.78 is 0. The van der Waals surface area contributed by atoms with Crippen LogP contribution in [0.5, 0.6) is 0 Å². The van der Waals surface area contributed by atoms with Gasteiger partial charge in [-0.05, 0) is 25.8 Å². The van der Waals surface area contributed by atoms with Crippen molar-refractivity contribution >= 4 is 18.5 Å². The van der Waals surface area contributed by atoms with E-state index < -0.39 is 0 Å². The highest BCUT2D eigenvalue weighted by Crippen LogP contribution is 2.08. The summed E-state index contributed by atoms with van der Waals surface area (Å²) in [6, 6.07) is 0. The van der Waals surface area contributed by atoms with E-state index in [-0.39, 0.29) is 11.3 Å². The summed E-state index contributed by atoms with van der Waals surface area (Å²) in [7, 11) is 0. The highest BCUT2D eigenvalue weighted by Gasteiger charge is 2.18. The van der Waals surface area contributed by atoms with Crippen molar-refractivity contribution in [3.63, 3.8) is 0 Å². The van der Waals surface area contributed by atoms with E-state index in [1.54, 1.807) is 0 Å². The Morgan fingerprint density at radius 3 is 2.25 bits per heavy atom. The van der Waals surface area contributed by atoms with Crippen LogP contribution in [0, 0.1) is 5.92 Å². The second-order valence-corrected chi connectivity index (χ2v) is 7.03. The summed E-state index contributed by atoms with van der Waals surface area (Å²) in [4.78, 5) is 16.4. The van der Waals surface area contributed by atoms with Crippen LogP contribution in [-0.2, 0) is 4.79 Å². The van der Waals surface area contributed by atoms with Gasteiger partial charge in [0.25, 0.3) is 0 Å². The molecule has 0 aromatic rings. The van der Waals surface area contributed by atoms with Crippen LogP contribution in [0.15, 0.2) is 0 Å². The zero-order valence-electron chi connectivity index (χ0n) is 13.3. The van der Waals surface area contributed by atoms with Crippen molar-refractivity contribution in [2.75, 3.05) is 39.3 Å². The molecule has 0 aromatic heterocycles. The van der Waals surface area contributed by atoms with Gasteiger partial charge >= 0.3 is 0 Å². The molecule has 5 heteroatoms. The van der Waals surface area contributed by atoms with Gasteiger partial charge in [0.05, 0.1) is 11.9 Å². The fraction of sp³-hybridized carbons (Fsp3) is 0.933. The molecule has 1 unspecified atom stereocenters. The predicted octanol–water partition coefficient (Wildman–Crippen LogP) is 1.82. The van der Waals surface area contributed by atoms with Crippen LogP contribution in [-0.4, -0.2) is 60.3 Å². The molecule has 1 rings (SSSR count). The molecular weight excluding hydrogens is 270 g/mol. The predicted molar refractivity (Wildman–Crippen MR) is 88.2 cm³/mol. The summed E-state index contributed by atoms with van der Waals surface area (Å²) in [5.74, 6) is 0.900. The van der Waals surface area contributed by atoms with E-state index >= 15 is 0 Å². The molecule has 1 fully saturated rings. The SMILES string of the molecule is CC(C)CCCCN1CCN(CC(=O)NC(C)S)CC1. The quantitative estimate of drug-likeness (QED) is 0.408. The largest absolute Gasteiger partial charge is 0.344 e. The number of carbonyl (C=O) groups is 1. The first kappa shape index (κ1) is 17.8. The lowest BCUT2D eigenvalue weighted by Gasteiger charge is -2.34. The highest BCUT2D eigenvalue weighted by molar-refractivity contribution is 7.80. The number of rotatable bonds is 8. The van der Waals surface area contributed by atoms with E-state index in [2.05, 4.69) is 41.6 Å². The van der Waals surface area contributed by atoms with Crippen LogP contribution in [0.1, 0.15) is 40.0 Å². The summed E-state index contributed by atoms with van der Waals surface area (Å²) in [5, 5.41) is 2.76. The molecule has 0 spiro atoms. The normalized spacial score (nSPS) is 19.2. The number of amides is 1. The third-order valence-corrected chi connectivity index (χ3v) is 3.84. The molecule has 20 heavy (non-hydrogen) atoms. The van der Waals surface area contributed by atoms with Crippen molar-refractivity contribution in [1.82, 2.24) is 15.1 Å². The zero-order chi connectivity index (χ0) is 15.0. The Kier molecular flexibility index (Phi) is 8.57. The lowest BCUT2D eigenvalue weighted by atomic mass is 10.1. The Bertz CT molecular complexity index is 276. The monoisotopic (exact) mass is 301 g/mol. The van der Waals surface area contributed by atoms with Crippen molar-refractivity contribution in [1.29, 1.82) is 0 Å². The van der Waals surface area contributed by atoms with E-state index in [0.717, 1.165) is 32.1 Å². The summed E-state index contributed by atoms with van der Waals surface area (Å²) in [6.07, 6.45) is 3.97. The number of unbranched alkanes of at least 4 members (excludes halogenated alkanes) is 1.